The minimum Gasteiger partial charge on any atom is -0.351 e. The summed E-state index contributed by atoms with van der Waals surface area (Å²) in [5.74, 6) is 0.562. The van der Waals surface area contributed by atoms with Crippen molar-refractivity contribution in [1.29, 1.82) is 0 Å². The molecule has 1 aliphatic rings. The molecule has 0 aliphatic carbocycles. The van der Waals surface area contributed by atoms with Gasteiger partial charge >= 0.3 is 0 Å². The second-order valence-corrected chi connectivity index (χ2v) is 6.69. The molecule has 5 nitrogen and oxygen atoms in total. The Morgan fingerprint density at radius 3 is 2.61 bits per heavy atom. The number of thioether (sulfide) groups is 1. The highest BCUT2D eigenvalue weighted by Gasteiger charge is 2.24. The Morgan fingerprint density at radius 1 is 1.26 bits per heavy atom. The number of carbonyl (C=O) groups excluding carboxylic acids is 2. The van der Waals surface area contributed by atoms with Crippen LogP contribution in [0.1, 0.15) is 29.6 Å². The molecule has 1 aliphatic heterocycles. The highest BCUT2D eigenvalue weighted by Crippen LogP contribution is 2.07. The lowest BCUT2D eigenvalue weighted by molar-refractivity contribution is -0.123. The number of hydrogen-bond donors (Lipinski definition) is 3. The van der Waals surface area contributed by atoms with Crippen molar-refractivity contribution in [2.75, 3.05) is 25.1 Å². The molecule has 0 bridgehead atoms. The summed E-state index contributed by atoms with van der Waals surface area (Å²) < 4.78 is 0. The Balaban J connectivity index is 1.94. The molecule has 1 unspecified atom stereocenters. The van der Waals surface area contributed by atoms with Crippen LogP contribution in [0.4, 0.5) is 0 Å². The molecule has 1 saturated heterocycles. The molecular formula is C17H25N3O2S. The van der Waals surface area contributed by atoms with E-state index in [4.69, 9.17) is 0 Å². The van der Waals surface area contributed by atoms with Crippen molar-refractivity contribution in [3.05, 3.63) is 35.9 Å². The van der Waals surface area contributed by atoms with Crippen molar-refractivity contribution in [1.82, 2.24) is 16.0 Å². The molecular weight excluding hydrogens is 310 g/mol. The standard InChI is InChI=1S/C17H25N3O2S/c1-23-12-9-15(17(22)19-14-7-10-18-11-8-14)20-16(21)13-5-3-2-4-6-13/h2-6,14-15,18H,7-12H2,1H3,(H,19,22)(H,20,21). The molecule has 23 heavy (non-hydrogen) atoms. The summed E-state index contributed by atoms with van der Waals surface area (Å²) >= 11 is 1.68. The number of carbonyl (C=O) groups is 2. The zero-order chi connectivity index (χ0) is 16.5. The average Bonchev–Trinajstić information content (AvgIpc) is 2.60. The number of hydrogen-bond acceptors (Lipinski definition) is 4. The Labute approximate surface area is 142 Å². The maximum Gasteiger partial charge on any atom is 0.251 e. The third-order valence-corrected chi connectivity index (χ3v) is 4.60. The van der Waals surface area contributed by atoms with Crippen LogP contribution in [0.25, 0.3) is 0 Å². The van der Waals surface area contributed by atoms with E-state index in [1.807, 2.05) is 24.5 Å². The van der Waals surface area contributed by atoms with Crippen molar-refractivity contribution in [2.45, 2.75) is 31.3 Å². The van der Waals surface area contributed by atoms with Gasteiger partial charge < -0.3 is 16.0 Å². The van der Waals surface area contributed by atoms with Gasteiger partial charge in [0.25, 0.3) is 5.91 Å². The number of benzene rings is 1. The summed E-state index contributed by atoms with van der Waals surface area (Å²) in [4.78, 5) is 24.8. The molecule has 0 aromatic heterocycles. The minimum atomic E-state index is -0.481. The lowest BCUT2D eigenvalue weighted by atomic mass is 10.1. The molecule has 2 amide bonds. The first-order chi connectivity index (χ1) is 11.2. The van der Waals surface area contributed by atoms with Crippen molar-refractivity contribution in [3.63, 3.8) is 0 Å². The molecule has 1 aromatic rings. The van der Waals surface area contributed by atoms with Crippen LogP contribution in [0, 0.1) is 0 Å². The van der Waals surface area contributed by atoms with Crippen LogP contribution in [-0.2, 0) is 4.79 Å². The van der Waals surface area contributed by atoms with Crippen LogP contribution < -0.4 is 16.0 Å². The molecule has 0 spiro atoms. The van der Waals surface area contributed by atoms with E-state index in [-0.39, 0.29) is 17.9 Å². The lowest BCUT2D eigenvalue weighted by Crippen LogP contribution is -2.51. The van der Waals surface area contributed by atoms with E-state index >= 15 is 0 Å². The molecule has 3 N–H and O–H groups in total. The van der Waals surface area contributed by atoms with Crippen molar-refractivity contribution in [3.8, 4) is 0 Å². The third-order valence-electron chi connectivity index (χ3n) is 3.95. The molecule has 0 radical (unpaired) electrons. The van der Waals surface area contributed by atoms with Crippen molar-refractivity contribution >= 4 is 23.6 Å². The highest BCUT2D eigenvalue weighted by atomic mass is 32.2. The number of amides is 2. The van der Waals surface area contributed by atoms with Crippen LogP contribution in [0.5, 0.6) is 0 Å². The summed E-state index contributed by atoms with van der Waals surface area (Å²) in [5.41, 5.74) is 0.580. The maximum absolute atomic E-state index is 12.5. The zero-order valence-electron chi connectivity index (χ0n) is 13.5. The zero-order valence-corrected chi connectivity index (χ0v) is 14.3. The number of piperidine rings is 1. The first-order valence-corrected chi connectivity index (χ1v) is 9.46. The second kappa shape index (κ2) is 9.57. The first-order valence-electron chi connectivity index (χ1n) is 8.06. The van der Waals surface area contributed by atoms with E-state index in [0.29, 0.717) is 12.0 Å². The maximum atomic E-state index is 12.5. The van der Waals surface area contributed by atoms with Gasteiger partial charge in [0, 0.05) is 11.6 Å². The van der Waals surface area contributed by atoms with E-state index in [1.165, 1.54) is 0 Å². The van der Waals surface area contributed by atoms with Crippen LogP contribution in [0.2, 0.25) is 0 Å². The van der Waals surface area contributed by atoms with Gasteiger partial charge in [-0.25, -0.2) is 0 Å². The fourth-order valence-electron chi connectivity index (χ4n) is 2.60. The van der Waals surface area contributed by atoms with E-state index < -0.39 is 6.04 Å². The number of nitrogens with one attached hydrogen (secondary N) is 3. The monoisotopic (exact) mass is 335 g/mol. The van der Waals surface area contributed by atoms with E-state index in [1.54, 1.807) is 23.9 Å². The fourth-order valence-corrected chi connectivity index (χ4v) is 3.08. The predicted octanol–water partition coefficient (Wildman–Crippen LogP) is 1.41. The van der Waals surface area contributed by atoms with Crippen LogP contribution in [0.15, 0.2) is 30.3 Å². The van der Waals surface area contributed by atoms with Gasteiger partial charge in [-0.05, 0) is 56.5 Å². The van der Waals surface area contributed by atoms with Gasteiger partial charge in [-0.2, -0.15) is 11.8 Å². The summed E-state index contributed by atoms with van der Waals surface area (Å²) in [7, 11) is 0. The van der Waals surface area contributed by atoms with Gasteiger partial charge in [0.05, 0.1) is 0 Å². The topological polar surface area (TPSA) is 70.2 Å². The van der Waals surface area contributed by atoms with Gasteiger partial charge in [-0.15, -0.1) is 0 Å². The first kappa shape index (κ1) is 17.8. The summed E-state index contributed by atoms with van der Waals surface area (Å²) in [6.07, 6.45) is 4.51. The smallest absolute Gasteiger partial charge is 0.251 e. The molecule has 1 aromatic carbocycles. The largest absolute Gasteiger partial charge is 0.351 e. The van der Waals surface area contributed by atoms with Gasteiger partial charge in [0.15, 0.2) is 0 Å². The van der Waals surface area contributed by atoms with Crippen LogP contribution >= 0.6 is 11.8 Å². The Hall–Kier alpha value is -1.53. The number of rotatable bonds is 7. The van der Waals surface area contributed by atoms with Crippen molar-refractivity contribution in [2.24, 2.45) is 0 Å². The average molecular weight is 335 g/mol. The molecule has 0 saturated carbocycles. The Bertz CT molecular complexity index is 504. The Morgan fingerprint density at radius 2 is 1.96 bits per heavy atom. The molecule has 2 rings (SSSR count). The summed E-state index contributed by atoms with van der Waals surface area (Å²) in [6, 6.07) is 8.74. The molecule has 1 atom stereocenters. The highest BCUT2D eigenvalue weighted by molar-refractivity contribution is 7.98. The van der Waals surface area contributed by atoms with Crippen molar-refractivity contribution < 1.29 is 9.59 Å². The van der Waals surface area contributed by atoms with Gasteiger partial charge in [-0.3, -0.25) is 9.59 Å². The normalized spacial score (nSPS) is 16.6. The molecule has 1 fully saturated rings. The van der Waals surface area contributed by atoms with Gasteiger partial charge in [0.2, 0.25) is 5.91 Å². The summed E-state index contributed by atoms with van der Waals surface area (Å²) in [6.45, 7) is 1.85. The summed E-state index contributed by atoms with van der Waals surface area (Å²) in [5, 5.41) is 9.24. The molecule has 1 heterocycles. The minimum absolute atomic E-state index is 0.0739. The second-order valence-electron chi connectivity index (χ2n) is 5.71. The SMILES string of the molecule is CSCCC(NC(=O)c1ccccc1)C(=O)NC1CCNCC1. The Kier molecular flexibility index (Phi) is 7.42. The van der Waals surface area contributed by atoms with E-state index in [2.05, 4.69) is 16.0 Å². The molecule has 6 heteroatoms. The van der Waals surface area contributed by atoms with Crippen LogP contribution in [-0.4, -0.2) is 49.0 Å². The predicted molar refractivity (Wildman–Crippen MR) is 94.7 cm³/mol. The van der Waals surface area contributed by atoms with Gasteiger partial charge in [-0.1, -0.05) is 18.2 Å². The van der Waals surface area contributed by atoms with Gasteiger partial charge in [0.1, 0.15) is 6.04 Å². The van der Waals surface area contributed by atoms with E-state index in [0.717, 1.165) is 31.7 Å². The van der Waals surface area contributed by atoms with E-state index in [9.17, 15) is 9.59 Å². The molecule has 126 valence electrons. The third kappa shape index (κ3) is 5.88. The van der Waals surface area contributed by atoms with Crippen LogP contribution in [0.3, 0.4) is 0 Å². The fraction of sp³-hybridized carbons (Fsp3) is 0.529. The quantitative estimate of drug-likeness (QED) is 0.705. The lowest BCUT2D eigenvalue weighted by Gasteiger charge is -2.26.